The van der Waals surface area contributed by atoms with Gasteiger partial charge in [0, 0.05) is 42.7 Å². The van der Waals surface area contributed by atoms with Crippen LogP contribution in [0.5, 0.6) is 0 Å². The molecule has 2 heterocycles. The summed E-state index contributed by atoms with van der Waals surface area (Å²) in [7, 11) is 0. The Bertz CT molecular complexity index is 1100. The zero-order valence-corrected chi connectivity index (χ0v) is 16.6. The Morgan fingerprint density at radius 2 is 2.00 bits per heavy atom. The lowest BCUT2D eigenvalue weighted by Gasteiger charge is -2.22. The van der Waals surface area contributed by atoms with Crippen LogP contribution in [0.2, 0.25) is 5.02 Å². The van der Waals surface area contributed by atoms with E-state index < -0.39 is 12.1 Å². The van der Waals surface area contributed by atoms with Gasteiger partial charge in [-0.2, -0.15) is 0 Å². The number of β-amino-alcohol motifs (C(OH)–C–C–N with tert-alkyl or cyclic N) is 1. The number of pyridine rings is 1. The van der Waals surface area contributed by atoms with Crippen LogP contribution >= 0.6 is 11.6 Å². The Balaban J connectivity index is 1.65. The largest absolute Gasteiger partial charge is 0.391 e. The number of aliphatic hydroxyl groups excluding tert-OH is 1. The molecule has 1 aliphatic heterocycles. The number of amides is 2. The van der Waals surface area contributed by atoms with Crippen LogP contribution in [0.1, 0.15) is 13.3 Å². The van der Waals surface area contributed by atoms with E-state index in [0.717, 1.165) is 16.5 Å². The molecule has 0 aliphatic carbocycles. The minimum absolute atomic E-state index is 0.166. The van der Waals surface area contributed by atoms with E-state index in [4.69, 9.17) is 11.6 Å². The molecule has 0 spiro atoms. The molecule has 0 radical (unpaired) electrons. The molecule has 1 unspecified atom stereocenters. The molecule has 2 atom stereocenters. The third-order valence-corrected chi connectivity index (χ3v) is 5.48. The zero-order valence-electron chi connectivity index (χ0n) is 15.8. The van der Waals surface area contributed by atoms with Crippen molar-refractivity contribution in [2.24, 2.45) is 0 Å². The van der Waals surface area contributed by atoms with Crippen molar-refractivity contribution in [2.45, 2.75) is 25.5 Å². The first-order valence-electron chi connectivity index (χ1n) is 9.34. The number of hydrogen-bond acceptors (Lipinski definition) is 4. The molecule has 148 valence electrons. The summed E-state index contributed by atoms with van der Waals surface area (Å²) in [5.74, 6) is -0.575. The van der Waals surface area contributed by atoms with Gasteiger partial charge in [-0.15, -0.1) is 0 Å². The number of aromatic nitrogens is 1. The molecular formula is C22H20ClN3O3. The van der Waals surface area contributed by atoms with Crippen LogP contribution in [0.25, 0.3) is 22.0 Å². The van der Waals surface area contributed by atoms with Gasteiger partial charge in [0.2, 0.25) is 11.8 Å². The van der Waals surface area contributed by atoms with E-state index in [1.807, 2.05) is 30.3 Å². The maximum atomic E-state index is 12.8. The van der Waals surface area contributed by atoms with E-state index in [1.54, 1.807) is 24.4 Å². The smallest absolute Gasteiger partial charge is 0.247 e. The SMILES string of the molecule is CC(=O)N1C[C@H](O)CC1C(=O)Nc1ccc(Cl)c(-c2nccc3ccccc23)c1. The van der Waals surface area contributed by atoms with Crippen molar-refractivity contribution in [3.05, 3.63) is 59.8 Å². The van der Waals surface area contributed by atoms with Crippen LogP contribution in [-0.4, -0.2) is 45.5 Å². The minimum Gasteiger partial charge on any atom is -0.391 e. The van der Waals surface area contributed by atoms with Crippen molar-refractivity contribution in [1.82, 2.24) is 9.88 Å². The lowest BCUT2D eigenvalue weighted by atomic mass is 10.0. The molecule has 3 aromatic rings. The number of carbonyl (C=O) groups excluding carboxylic acids is 2. The van der Waals surface area contributed by atoms with Crippen LogP contribution in [0.3, 0.4) is 0 Å². The van der Waals surface area contributed by atoms with Crippen LogP contribution in [0, 0.1) is 0 Å². The summed E-state index contributed by atoms with van der Waals surface area (Å²) in [6.07, 6.45) is 1.25. The van der Waals surface area contributed by atoms with Crippen molar-refractivity contribution in [1.29, 1.82) is 0 Å². The summed E-state index contributed by atoms with van der Waals surface area (Å²) < 4.78 is 0. The van der Waals surface area contributed by atoms with E-state index in [2.05, 4.69) is 10.3 Å². The van der Waals surface area contributed by atoms with Crippen molar-refractivity contribution in [3.8, 4) is 11.3 Å². The fraction of sp³-hybridized carbons (Fsp3) is 0.227. The molecule has 0 bridgehead atoms. The number of fused-ring (bicyclic) bond motifs is 1. The first kappa shape index (κ1) is 19.4. The lowest BCUT2D eigenvalue weighted by Crippen LogP contribution is -2.42. The van der Waals surface area contributed by atoms with Crippen LogP contribution in [0.15, 0.2) is 54.7 Å². The van der Waals surface area contributed by atoms with Crippen LogP contribution in [-0.2, 0) is 9.59 Å². The molecule has 1 fully saturated rings. The number of nitrogens with one attached hydrogen (secondary N) is 1. The number of likely N-dealkylation sites (tertiary alicyclic amines) is 1. The van der Waals surface area contributed by atoms with Crippen LogP contribution < -0.4 is 5.32 Å². The van der Waals surface area contributed by atoms with E-state index in [-0.39, 0.29) is 24.8 Å². The van der Waals surface area contributed by atoms with E-state index in [0.29, 0.717) is 16.3 Å². The molecule has 2 amide bonds. The van der Waals surface area contributed by atoms with Gasteiger partial charge in [0.25, 0.3) is 0 Å². The monoisotopic (exact) mass is 409 g/mol. The second-order valence-corrected chi connectivity index (χ2v) is 7.55. The second kappa shape index (κ2) is 7.81. The first-order valence-corrected chi connectivity index (χ1v) is 9.71. The average Bonchev–Trinajstić information content (AvgIpc) is 3.11. The molecule has 1 saturated heterocycles. The maximum absolute atomic E-state index is 12.8. The number of benzene rings is 2. The van der Waals surface area contributed by atoms with Gasteiger partial charge in [-0.25, -0.2) is 0 Å². The molecule has 29 heavy (non-hydrogen) atoms. The zero-order chi connectivity index (χ0) is 20.5. The van der Waals surface area contributed by atoms with E-state index in [9.17, 15) is 14.7 Å². The summed E-state index contributed by atoms with van der Waals surface area (Å²) in [6, 6.07) is 14.3. The Hall–Kier alpha value is -2.96. The third kappa shape index (κ3) is 3.81. The lowest BCUT2D eigenvalue weighted by molar-refractivity contribution is -0.134. The highest BCUT2D eigenvalue weighted by atomic mass is 35.5. The van der Waals surface area contributed by atoms with E-state index in [1.165, 1.54) is 11.8 Å². The number of anilines is 1. The Kier molecular flexibility index (Phi) is 5.22. The van der Waals surface area contributed by atoms with Gasteiger partial charge < -0.3 is 15.3 Å². The molecule has 2 aromatic carbocycles. The van der Waals surface area contributed by atoms with Gasteiger partial charge in [-0.1, -0.05) is 35.9 Å². The number of halogens is 1. The highest BCUT2D eigenvalue weighted by Crippen LogP contribution is 2.34. The van der Waals surface area contributed by atoms with Crippen molar-refractivity contribution < 1.29 is 14.7 Å². The number of aliphatic hydroxyl groups is 1. The highest BCUT2D eigenvalue weighted by molar-refractivity contribution is 6.33. The van der Waals surface area contributed by atoms with Gasteiger partial charge in [0.05, 0.1) is 16.8 Å². The summed E-state index contributed by atoms with van der Waals surface area (Å²) >= 11 is 6.44. The second-order valence-electron chi connectivity index (χ2n) is 7.14. The number of rotatable bonds is 3. The first-order chi connectivity index (χ1) is 13.9. The molecule has 6 nitrogen and oxygen atoms in total. The quantitative estimate of drug-likeness (QED) is 0.693. The molecule has 1 aromatic heterocycles. The fourth-order valence-corrected chi connectivity index (χ4v) is 3.96. The number of nitrogens with zero attached hydrogens (tertiary/aromatic N) is 2. The molecule has 1 aliphatic rings. The molecule has 2 N–H and O–H groups in total. The molecule has 0 saturated carbocycles. The molecular weight excluding hydrogens is 390 g/mol. The molecule has 4 rings (SSSR count). The third-order valence-electron chi connectivity index (χ3n) is 5.15. The Labute approximate surface area is 173 Å². The van der Waals surface area contributed by atoms with Crippen LogP contribution in [0.4, 0.5) is 5.69 Å². The topological polar surface area (TPSA) is 82.5 Å². The average molecular weight is 410 g/mol. The normalized spacial score (nSPS) is 18.8. The predicted molar refractivity (Wildman–Crippen MR) is 113 cm³/mol. The molecule has 7 heteroatoms. The van der Waals surface area contributed by atoms with Gasteiger partial charge in [0.1, 0.15) is 6.04 Å². The number of carbonyl (C=O) groups is 2. The predicted octanol–water partition coefficient (Wildman–Crippen LogP) is 3.48. The maximum Gasteiger partial charge on any atom is 0.247 e. The van der Waals surface area contributed by atoms with E-state index >= 15 is 0 Å². The fourth-order valence-electron chi connectivity index (χ4n) is 3.75. The summed E-state index contributed by atoms with van der Waals surface area (Å²) in [5.41, 5.74) is 1.98. The minimum atomic E-state index is -0.699. The standard InChI is InChI=1S/C22H20ClN3O3/c1-13(27)26-12-16(28)11-20(26)22(29)25-15-6-7-19(23)18(10-15)21-17-5-3-2-4-14(17)8-9-24-21/h2-10,16,20,28H,11-12H2,1H3,(H,25,29)/t16-,20?/m1/s1. The van der Waals surface area contributed by atoms with Gasteiger partial charge in [-0.3, -0.25) is 14.6 Å². The summed E-state index contributed by atoms with van der Waals surface area (Å²) in [6.45, 7) is 1.56. The summed E-state index contributed by atoms with van der Waals surface area (Å²) in [4.78, 5) is 30.4. The van der Waals surface area contributed by atoms with Gasteiger partial charge >= 0.3 is 0 Å². The van der Waals surface area contributed by atoms with Gasteiger partial charge in [0.15, 0.2) is 0 Å². The Morgan fingerprint density at radius 3 is 2.79 bits per heavy atom. The van der Waals surface area contributed by atoms with Crippen molar-refractivity contribution in [2.75, 3.05) is 11.9 Å². The number of hydrogen-bond donors (Lipinski definition) is 2. The Morgan fingerprint density at radius 1 is 1.21 bits per heavy atom. The summed E-state index contributed by atoms with van der Waals surface area (Å²) in [5, 5.41) is 15.2. The van der Waals surface area contributed by atoms with Gasteiger partial charge in [-0.05, 0) is 29.7 Å². The van der Waals surface area contributed by atoms with Crippen molar-refractivity contribution >= 4 is 39.9 Å². The highest BCUT2D eigenvalue weighted by Gasteiger charge is 2.37. The van der Waals surface area contributed by atoms with Crippen molar-refractivity contribution in [3.63, 3.8) is 0 Å².